The Morgan fingerprint density at radius 3 is 2.62 bits per heavy atom. The molecule has 1 rings (SSSR count). The Morgan fingerprint density at radius 1 is 1.43 bits per heavy atom. The van der Waals surface area contributed by atoms with Gasteiger partial charge in [0.1, 0.15) is 0 Å². The van der Waals surface area contributed by atoms with E-state index in [2.05, 4.69) is 17.3 Å². The van der Waals surface area contributed by atoms with E-state index in [1.165, 1.54) is 10.5 Å². The second-order valence-electron chi connectivity index (χ2n) is 5.32. The zero-order valence-electron chi connectivity index (χ0n) is 13.3. The van der Waals surface area contributed by atoms with E-state index in [1.807, 2.05) is 18.5 Å². The van der Waals surface area contributed by atoms with Crippen molar-refractivity contribution in [1.29, 1.82) is 0 Å². The number of aliphatic hydroxyl groups is 2. The summed E-state index contributed by atoms with van der Waals surface area (Å²) in [6.45, 7) is 7.13. The Bertz CT molecular complexity index is 473. The predicted molar refractivity (Wildman–Crippen MR) is 80.2 cm³/mol. The van der Waals surface area contributed by atoms with E-state index in [4.69, 9.17) is 5.11 Å². The molecule has 1 aromatic rings. The molecule has 1 atom stereocenters. The number of carbonyl (C=O) groups excluding carboxylic acids is 1. The van der Waals surface area contributed by atoms with Gasteiger partial charge in [-0.15, -0.1) is 0 Å². The van der Waals surface area contributed by atoms with Crippen LogP contribution >= 0.6 is 0 Å². The smallest absolute Gasteiger partial charge is 0.317 e. The summed E-state index contributed by atoms with van der Waals surface area (Å²) in [5.74, 6) is 0. The van der Waals surface area contributed by atoms with Crippen LogP contribution in [-0.2, 0) is 6.54 Å². The van der Waals surface area contributed by atoms with Crippen LogP contribution in [0.1, 0.15) is 23.4 Å². The first-order valence-electron chi connectivity index (χ1n) is 7.15. The van der Waals surface area contributed by atoms with E-state index in [1.54, 1.807) is 7.05 Å². The van der Waals surface area contributed by atoms with Gasteiger partial charge in [0.05, 0.1) is 24.9 Å². The molecule has 0 spiro atoms. The van der Waals surface area contributed by atoms with E-state index in [-0.39, 0.29) is 19.2 Å². The van der Waals surface area contributed by atoms with Crippen LogP contribution in [0.15, 0.2) is 0 Å². The Kier molecular flexibility index (Phi) is 6.64. The number of hydrogen-bond acceptors (Lipinski definition) is 4. The number of nitrogens with one attached hydrogen (secondary N) is 1. The minimum atomic E-state index is -0.904. The van der Waals surface area contributed by atoms with Crippen molar-refractivity contribution >= 4 is 6.03 Å². The van der Waals surface area contributed by atoms with Crippen LogP contribution in [0.2, 0.25) is 0 Å². The molecule has 1 heterocycles. The lowest BCUT2D eigenvalue weighted by molar-refractivity contribution is 0.0733. The maximum Gasteiger partial charge on any atom is 0.317 e. The molecule has 0 radical (unpaired) electrons. The molecule has 0 bridgehead atoms. The van der Waals surface area contributed by atoms with E-state index >= 15 is 0 Å². The molecule has 0 fully saturated rings. The molecule has 0 saturated heterocycles. The Morgan fingerprint density at radius 2 is 2.10 bits per heavy atom. The highest BCUT2D eigenvalue weighted by Gasteiger charge is 2.12. The Balaban J connectivity index is 2.30. The number of nitrogens with zero attached hydrogens (tertiary/aromatic N) is 3. The van der Waals surface area contributed by atoms with Crippen molar-refractivity contribution < 1.29 is 15.0 Å². The normalized spacial score (nSPS) is 12.3. The Hall–Kier alpha value is -1.60. The van der Waals surface area contributed by atoms with Gasteiger partial charge in [0.2, 0.25) is 0 Å². The molecular formula is C14H26N4O3. The van der Waals surface area contributed by atoms with E-state index in [9.17, 15) is 9.90 Å². The number of aliphatic hydroxyl groups excluding tert-OH is 2. The molecule has 0 aliphatic heterocycles. The average Bonchev–Trinajstić information content (AvgIpc) is 2.70. The van der Waals surface area contributed by atoms with Crippen molar-refractivity contribution in [2.75, 3.05) is 26.7 Å². The molecule has 21 heavy (non-hydrogen) atoms. The molecule has 3 N–H and O–H groups in total. The van der Waals surface area contributed by atoms with Gasteiger partial charge in [-0.3, -0.25) is 4.68 Å². The molecule has 1 aromatic heterocycles. The lowest BCUT2D eigenvalue weighted by Gasteiger charge is -2.20. The summed E-state index contributed by atoms with van der Waals surface area (Å²) in [5.41, 5.74) is 3.40. The maximum atomic E-state index is 11.7. The second-order valence-corrected chi connectivity index (χ2v) is 5.32. The van der Waals surface area contributed by atoms with Gasteiger partial charge < -0.3 is 20.4 Å². The summed E-state index contributed by atoms with van der Waals surface area (Å²) >= 11 is 0. The molecule has 7 nitrogen and oxygen atoms in total. The summed E-state index contributed by atoms with van der Waals surface area (Å²) in [7, 11) is 1.58. The third kappa shape index (κ3) is 5.02. The minimum Gasteiger partial charge on any atom is -0.394 e. The van der Waals surface area contributed by atoms with Gasteiger partial charge in [-0.2, -0.15) is 5.10 Å². The molecule has 0 aliphatic rings. The van der Waals surface area contributed by atoms with Gasteiger partial charge in [-0.25, -0.2) is 4.79 Å². The summed E-state index contributed by atoms with van der Waals surface area (Å²) < 4.78 is 1.95. The van der Waals surface area contributed by atoms with Crippen molar-refractivity contribution in [1.82, 2.24) is 20.0 Å². The number of urea groups is 1. The second kappa shape index (κ2) is 7.99. The number of rotatable bonds is 7. The van der Waals surface area contributed by atoms with Crippen LogP contribution in [0.4, 0.5) is 4.79 Å². The van der Waals surface area contributed by atoms with Crippen LogP contribution in [0, 0.1) is 20.8 Å². The number of aryl methyl sites for hydroxylation is 2. The highest BCUT2D eigenvalue weighted by atomic mass is 16.3. The van der Waals surface area contributed by atoms with Gasteiger partial charge in [0, 0.05) is 25.8 Å². The van der Waals surface area contributed by atoms with Gasteiger partial charge in [0.25, 0.3) is 0 Å². The van der Waals surface area contributed by atoms with Gasteiger partial charge in [-0.05, 0) is 32.8 Å². The third-order valence-corrected chi connectivity index (χ3v) is 3.61. The molecule has 0 unspecified atom stereocenters. The van der Waals surface area contributed by atoms with Crippen LogP contribution in [0.5, 0.6) is 0 Å². The summed E-state index contributed by atoms with van der Waals surface area (Å²) in [5, 5.41) is 25.2. The molecular weight excluding hydrogens is 272 g/mol. The fourth-order valence-electron chi connectivity index (χ4n) is 2.02. The monoisotopic (exact) mass is 298 g/mol. The van der Waals surface area contributed by atoms with Crippen LogP contribution < -0.4 is 5.32 Å². The number of carbonyl (C=O) groups is 1. The first kappa shape index (κ1) is 17.5. The molecule has 0 aliphatic carbocycles. The lowest BCUT2D eigenvalue weighted by atomic mass is 10.2. The average molecular weight is 298 g/mol. The quantitative estimate of drug-likeness (QED) is 0.627. The summed E-state index contributed by atoms with van der Waals surface area (Å²) in [6.07, 6.45) is -0.123. The predicted octanol–water partition coefficient (Wildman–Crippen LogP) is 0.193. The fourth-order valence-corrected chi connectivity index (χ4v) is 2.02. The first-order chi connectivity index (χ1) is 9.86. The van der Waals surface area contributed by atoms with E-state index in [0.29, 0.717) is 6.54 Å². The number of aromatic nitrogens is 2. The van der Waals surface area contributed by atoms with Crippen LogP contribution in [0.3, 0.4) is 0 Å². The number of likely N-dealkylation sites (N-methyl/N-ethyl adjacent to an activating group) is 1. The van der Waals surface area contributed by atoms with E-state index in [0.717, 1.165) is 24.4 Å². The molecule has 7 heteroatoms. The van der Waals surface area contributed by atoms with Crippen molar-refractivity contribution in [2.24, 2.45) is 0 Å². The Labute approximate surface area is 125 Å². The van der Waals surface area contributed by atoms with Gasteiger partial charge >= 0.3 is 6.03 Å². The maximum absolute atomic E-state index is 11.7. The van der Waals surface area contributed by atoms with Crippen LogP contribution in [0.25, 0.3) is 0 Å². The molecule has 120 valence electrons. The highest BCUT2D eigenvalue weighted by Crippen LogP contribution is 2.10. The number of hydrogen-bond donors (Lipinski definition) is 3. The van der Waals surface area contributed by atoms with E-state index < -0.39 is 6.10 Å². The summed E-state index contributed by atoms with van der Waals surface area (Å²) in [4.78, 5) is 13.1. The van der Waals surface area contributed by atoms with Gasteiger partial charge in [0.15, 0.2) is 0 Å². The topological polar surface area (TPSA) is 90.6 Å². The third-order valence-electron chi connectivity index (χ3n) is 3.61. The SMILES string of the molecule is Cc1nn(CCCNC(=O)N(C)C[C@H](O)CO)c(C)c1C. The molecule has 0 saturated carbocycles. The number of amides is 2. The molecule has 2 amide bonds. The zero-order chi connectivity index (χ0) is 16.0. The molecule has 0 aromatic carbocycles. The standard InChI is InChI=1S/C14H26N4O3/c1-10-11(2)16-18(12(10)3)7-5-6-15-14(21)17(4)8-13(20)9-19/h13,19-20H,5-9H2,1-4H3,(H,15,21)/t13-/m0/s1. The highest BCUT2D eigenvalue weighted by molar-refractivity contribution is 5.73. The first-order valence-corrected chi connectivity index (χ1v) is 7.15. The van der Waals surface area contributed by atoms with Crippen LogP contribution in [-0.4, -0.2) is 63.8 Å². The van der Waals surface area contributed by atoms with Gasteiger partial charge in [-0.1, -0.05) is 0 Å². The minimum absolute atomic E-state index is 0.110. The largest absolute Gasteiger partial charge is 0.394 e. The van der Waals surface area contributed by atoms with Crippen molar-refractivity contribution in [3.05, 3.63) is 17.0 Å². The summed E-state index contributed by atoms with van der Waals surface area (Å²) in [6, 6.07) is -0.257. The fraction of sp³-hybridized carbons (Fsp3) is 0.714. The zero-order valence-corrected chi connectivity index (χ0v) is 13.3. The van der Waals surface area contributed by atoms with Crippen molar-refractivity contribution in [3.8, 4) is 0 Å². The van der Waals surface area contributed by atoms with Crippen molar-refractivity contribution in [3.63, 3.8) is 0 Å². The lowest BCUT2D eigenvalue weighted by Crippen LogP contribution is -2.42. The van der Waals surface area contributed by atoms with Crippen molar-refractivity contribution in [2.45, 2.75) is 39.8 Å².